The Kier molecular flexibility index (Phi) is 8.25. The Hall–Kier alpha value is -3.10. The summed E-state index contributed by atoms with van der Waals surface area (Å²) in [6.07, 6.45) is -5.13. The molecule has 1 N–H and O–H groups in total. The van der Waals surface area contributed by atoms with Crippen molar-refractivity contribution < 1.29 is 35.9 Å². The van der Waals surface area contributed by atoms with E-state index < -0.39 is 39.5 Å². The molecule has 40 heavy (non-hydrogen) atoms. The van der Waals surface area contributed by atoms with Crippen LogP contribution >= 0.6 is 11.6 Å². The molecule has 1 aromatic heterocycles. The van der Waals surface area contributed by atoms with E-state index >= 15 is 0 Å². The number of alkyl halides is 3. The van der Waals surface area contributed by atoms with Gasteiger partial charge >= 0.3 is 12.3 Å². The molecule has 10 nitrogen and oxygen atoms in total. The van der Waals surface area contributed by atoms with E-state index in [0.29, 0.717) is 5.69 Å². The van der Waals surface area contributed by atoms with Gasteiger partial charge in [0.05, 0.1) is 16.5 Å². The fourth-order valence-corrected chi connectivity index (χ4v) is 6.07. The fourth-order valence-electron chi connectivity index (χ4n) is 4.44. The molecule has 1 aromatic carbocycles. The number of alkyl carbamates (subject to hydrolysis) is 1. The molecule has 1 atom stereocenters. The maximum absolute atomic E-state index is 13.2. The Morgan fingerprint density at radius 2 is 1.70 bits per heavy atom. The van der Waals surface area contributed by atoms with Crippen molar-refractivity contribution in [1.29, 1.82) is 0 Å². The highest BCUT2D eigenvalue weighted by Crippen LogP contribution is 2.33. The minimum absolute atomic E-state index is 0.0139. The van der Waals surface area contributed by atoms with E-state index in [-0.39, 0.29) is 60.9 Å². The van der Waals surface area contributed by atoms with Gasteiger partial charge in [0.25, 0.3) is 0 Å². The number of carbonyl (C=O) groups is 2. The van der Waals surface area contributed by atoms with Crippen molar-refractivity contribution in [2.45, 2.75) is 49.9 Å². The average molecular weight is 604 g/mol. The standard InChI is InChI=1S/C25H29ClF3N5O5S/c1-24(2,3)39-23(36)30-17-14-22(35)34(15-17)18-4-6-19(7-5-18)40(37,38)33-10-8-32(9-11-33)21-13-16(25(27,28)29)12-20(26)31-21/h4-7,12-13,17H,8-11,14-15H2,1-3H3,(H,30,36). The summed E-state index contributed by atoms with van der Waals surface area (Å²) in [6.45, 7) is 5.71. The average Bonchev–Trinajstić information content (AvgIpc) is 3.21. The highest BCUT2D eigenvalue weighted by atomic mass is 35.5. The smallest absolute Gasteiger partial charge is 0.416 e. The van der Waals surface area contributed by atoms with Crippen molar-refractivity contribution >= 4 is 45.1 Å². The van der Waals surface area contributed by atoms with Crippen LogP contribution in [0.1, 0.15) is 32.8 Å². The van der Waals surface area contributed by atoms with Gasteiger partial charge in [-0.05, 0) is 57.2 Å². The Morgan fingerprint density at radius 3 is 2.27 bits per heavy atom. The zero-order valence-corrected chi connectivity index (χ0v) is 23.6. The molecule has 4 rings (SSSR count). The molecule has 0 radical (unpaired) electrons. The van der Waals surface area contributed by atoms with Gasteiger partial charge in [0.15, 0.2) is 0 Å². The molecule has 218 valence electrons. The first-order valence-corrected chi connectivity index (χ1v) is 14.2. The number of aromatic nitrogens is 1. The lowest BCUT2D eigenvalue weighted by Crippen LogP contribution is -2.49. The molecule has 0 spiro atoms. The van der Waals surface area contributed by atoms with Crippen molar-refractivity contribution in [1.82, 2.24) is 14.6 Å². The highest BCUT2D eigenvalue weighted by Gasteiger charge is 2.35. The number of benzene rings is 1. The first kappa shape index (κ1) is 29.9. The van der Waals surface area contributed by atoms with Gasteiger partial charge in [0.1, 0.15) is 16.6 Å². The third-order valence-corrected chi connectivity index (χ3v) is 8.41. The molecule has 2 aliphatic heterocycles. The van der Waals surface area contributed by atoms with Crippen LogP contribution in [0.25, 0.3) is 0 Å². The number of nitrogens with zero attached hydrogens (tertiary/aromatic N) is 4. The maximum atomic E-state index is 13.2. The lowest BCUT2D eigenvalue weighted by molar-refractivity contribution is -0.137. The van der Waals surface area contributed by atoms with Gasteiger partial charge in [-0.25, -0.2) is 18.2 Å². The molecular weight excluding hydrogens is 575 g/mol. The third-order valence-electron chi connectivity index (χ3n) is 6.30. The summed E-state index contributed by atoms with van der Waals surface area (Å²) in [5.74, 6) is -0.202. The van der Waals surface area contributed by atoms with Gasteiger partial charge < -0.3 is 19.9 Å². The molecule has 0 saturated carbocycles. The summed E-state index contributed by atoms with van der Waals surface area (Å²) in [4.78, 5) is 31.6. The number of rotatable bonds is 5. The number of amides is 2. The molecule has 15 heteroatoms. The second-order valence-electron chi connectivity index (χ2n) is 10.5. The summed E-state index contributed by atoms with van der Waals surface area (Å²) in [5, 5.41) is 2.37. The second-order valence-corrected chi connectivity index (χ2v) is 12.8. The van der Waals surface area contributed by atoms with E-state index in [4.69, 9.17) is 16.3 Å². The number of sulfonamides is 1. The van der Waals surface area contributed by atoms with Crippen LogP contribution in [-0.4, -0.2) is 74.1 Å². The molecular formula is C25H29ClF3N5O5S. The SMILES string of the molecule is CC(C)(C)OC(=O)NC1CC(=O)N(c2ccc(S(=O)(=O)N3CCN(c4cc(C(F)(F)F)cc(Cl)n4)CC3)cc2)C1. The summed E-state index contributed by atoms with van der Waals surface area (Å²) in [7, 11) is -3.90. The zero-order chi connectivity index (χ0) is 29.5. The Labute approximate surface area is 235 Å². The molecule has 2 amide bonds. The lowest BCUT2D eigenvalue weighted by Gasteiger charge is -2.35. The minimum atomic E-state index is -4.59. The largest absolute Gasteiger partial charge is 0.444 e. The number of nitrogens with one attached hydrogen (secondary N) is 1. The zero-order valence-electron chi connectivity index (χ0n) is 22.0. The van der Waals surface area contributed by atoms with Crippen LogP contribution in [0.5, 0.6) is 0 Å². The summed E-state index contributed by atoms with van der Waals surface area (Å²) in [6, 6.07) is 7.00. The van der Waals surface area contributed by atoms with Crippen molar-refractivity contribution in [2.75, 3.05) is 42.5 Å². The Bertz CT molecular complexity index is 1370. The van der Waals surface area contributed by atoms with Crippen LogP contribution in [0.3, 0.4) is 0 Å². The molecule has 2 saturated heterocycles. The minimum Gasteiger partial charge on any atom is -0.444 e. The number of halogens is 4. The molecule has 0 aliphatic carbocycles. The van der Waals surface area contributed by atoms with Crippen molar-refractivity contribution in [3.63, 3.8) is 0 Å². The summed E-state index contributed by atoms with van der Waals surface area (Å²) >= 11 is 5.79. The van der Waals surface area contributed by atoms with Crippen molar-refractivity contribution in [2.24, 2.45) is 0 Å². The molecule has 2 fully saturated rings. The quantitative estimate of drug-likeness (QED) is 0.516. The van der Waals surface area contributed by atoms with E-state index in [1.54, 1.807) is 25.7 Å². The molecule has 2 aromatic rings. The van der Waals surface area contributed by atoms with Gasteiger partial charge in [-0.1, -0.05) is 11.6 Å². The summed E-state index contributed by atoms with van der Waals surface area (Å²) in [5.41, 5.74) is -1.13. The van der Waals surface area contributed by atoms with Crippen LogP contribution < -0.4 is 15.1 Å². The first-order chi connectivity index (χ1) is 18.5. The normalized spacial score (nSPS) is 19.2. The third kappa shape index (κ3) is 6.96. The second kappa shape index (κ2) is 11.1. The monoisotopic (exact) mass is 603 g/mol. The van der Waals surface area contributed by atoms with Crippen molar-refractivity contribution in [3.05, 3.63) is 47.1 Å². The van der Waals surface area contributed by atoms with Crippen molar-refractivity contribution in [3.8, 4) is 0 Å². The van der Waals surface area contributed by atoms with E-state index in [0.717, 1.165) is 12.1 Å². The fraction of sp³-hybridized carbons (Fsp3) is 0.480. The van der Waals surface area contributed by atoms with E-state index in [1.807, 2.05) is 0 Å². The summed E-state index contributed by atoms with van der Waals surface area (Å²) < 4.78 is 72.4. The number of hydrogen-bond acceptors (Lipinski definition) is 7. The van der Waals surface area contributed by atoms with Crippen LogP contribution in [0.15, 0.2) is 41.3 Å². The van der Waals surface area contributed by atoms with Gasteiger partial charge in [-0.2, -0.15) is 17.5 Å². The number of hydrogen-bond donors (Lipinski definition) is 1. The van der Waals surface area contributed by atoms with Crippen LogP contribution in [0.2, 0.25) is 5.15 Å². The first-order valence-electron chi connectivity index (χ1n) is 12.4. The Morgan fingerprint density at radius 1 is 1.07 bits per heavy atom. The predicted octanol–water partition coefficient (Wildman–Crippen LogP) is 3.89. The highest BCUT2D eigenvalue weighted by molar-refractivity contribution is 7.89. The molecule has 0 bridgehead atoms. The van der Waals surface area contributed by atoms with Gasteiger partial charge in [-0.15, -0.1) is 0 Å². The molecule has 3 heterocycles. The molecule has 1 unspecified atom stereocenters. The molecule has 2 aliphatic rings. The van der Waals surface area contributed by atoms with Gasteiger partial charge in [0.2, 0.25) is 15.9 Å². The topological polar surface area (TPSA) is 112 Å². The number of carbonyl (C=O) groups excluding carboxylic acids is 2. The van der Waals surface area contributed by atoms with E-state index in [2.05, 4.69) is 10.3 Å². The van der Waals surface area contributed by atoms with Crippen LogP contribution in [0, 0.1) is 0 Å². The van der Waals surface area contributed by atoms with Crippen LogP contribution in [0.4, 0.5) is 29.5 Å². The predicted molar refractivity (Wildman–Crippen MR) is 142 cm³/mol. The van der Waals surface area contributed by atoms with E-state index in [9.17, 15) is 31.2 Å². The maximum Gasteiger partial charge on any atom is 0.416 e. The van der Waals surface area contributed by atoms with E-state index in [1.165, 1.54) is 33.5 Å². The van der Waals surface area contributed by atoms with Gasteiger partial charge in [-0.3, -0.25) is 4.79 Å². The number of piperazine rings is 1. The van der Waals surface area contributed by atoms with Crippen LogP contribution in [-0.2, 0) is 25.7 Å². The number of pyridine rings is 1. The lowest BCUT2D eigenvalue weighted by atomic mass is 10.2. The number of ether oxygens (including phenoxy) is 1. The van der Waals surface area contributed by atoms with Gasteiger partial charge in [0, 0.05) is 44.8 Å². The number of anilines is 2. The Balaban J connectivity index is 1.38.